The number of aryl methyl sites for hydroxylation is 1. The van der Waals surface area contributed by atoms with Crippen molar-refractivity contribution in [3.63, 3.8) is 0 Å². The number of carbonyl (C=O) groups is 2. The number of ketones is 1. The fraction of sp³-hybridized carbons (Fsp3) is 0.174. The van der Waals surface area contributed by atoms with Gasteiger partial charge in [-0.15, -0.1) is 11.3 Å². The number of hydrogen-bond donors (Lipinski definition) is 1. The van der Waals surface area contributed by atoms with Gasteiger partial charge in [0.2, 0.25) is 0 Å². The number of Topliss-reactive ketones (excluding diaryl/α,β-unsaturated/α-hetero) is 1. The lowest BCUT2D eigenvalue weighted by molar-refractivity contribution is -0.140. The molecule has 1 saturated heterocycles. The molecular formula is C23H20N2O4S. The number of carbonyl (C=O) groups excluding carboxylic acids is 2. The Kier molecular flexibility index (Phi) is 5.37. The number of aromatic nitrogens is 1. The monoisotopic (exact) mass is 420 g/mol. The van der Waals surface area contributed by atoms with Crippen LogP contribution in [0.4, 0.5) is 0 Å². The summed E-state index contributed by atoms with van der Waals surface area (Å²) in [4.78, 5) is 32.3. The van der Waals surface area contributed by atoms with Gasteiger partial charge in [-0.2, -0.15) is 0 Å². The van der Waals surface area contributed by atoms with Crippen molar-refractivity contribution in [1.29, 1.82) is 0 Å². The molecule has 7 heteroatoms. The summed E-state index contributed by atoms with van der Waals surface area (Å²) in [7, 11) is 1.57. The van der Waals surface area contributed by atoms with Gasteiger partial charge in [-0.1, -0.05) is 12.1 Å². The van der Waals surface area contributed by atoms with E-state index in [0.717, 1.165) is 16.0 Å². The number of hydrogen-bond acceptors (Lipinski definition) is 6. The van der Waals surface area contributed by atoms with Crippen LogP contribution in [0.15, 0.2) is 65.8 Å². The van der Waals surface area contributed by atoms with Crippen LogP contribution in [0.1, 0.15) is 27.6 Å². The number of amides is 1. The molecule has 4 rings (SSSR count). The highest BCUT2D eigenvalue weighted by atomic mass is 32.1. The topological polar surface area (TPSA) is 79.7 Å². The van der Waals surface area contributed by atoms with E-state index >= 15 is 0 Å². The van der Waals surface area contributed by atoms with E-state index in [0.29, 0.717) is 11.3 Å². The second-order valence-corrected chi connectivity index (χ2v) is 7.97. The van der Waals surface area contributed by atoms with Crippen LogP contribution in [0.25, 0.3) is 5.76 Å². The maximum Gasteiger partial charge on any atom is 0.295 e. The number of likely N-dealkylation sites (tertiary alicyclic amines) is 1. The molecule has 1 fully saturated rings. The lowest BCUT2D eigenvalue weighted by Crippen LogP contribution is -2.28. The minimum absolute atomic E-state index is 0.0934. The molecule has 1 aromatic carbocycles. The lowest BCUT2D eigenvalue weighted by Gasteiger charge is -2.24. The second kappa shape index (κ2) is 8.12. The van der Waals surface area contributed by atoms with Crippen molar-refractivity contribution >= 4 is 28.8 Å². The number of pyridine rings is 1. The summed E-state index contributed by atoms with van der Waals surface area (Å²) in [6, 6.07) is 11.9. The number of benzene rings is 1. The van der Waals surface area contributed by atoms with E-state index < -0.39 is 17.7 Å². The van der Waals surface area contributed by atoms with Gasteiger partial charge in [0.25, 0.3) is 11.7 Å². The highest BCUT2D eigenvalue weighted by molar-refractivity contribution is 7.10. The molecule has 30 heavy (non-hydrogen) atoms. The number of thiophene rings is 1. The van der Waals surface area contributed by atoms with Crippen LogP contribution in [0.2, 0.25) is 0 Å². The van der Waals surface area contributed by atoms with Crippen LogP contribution in [-0.4, -0.2) is 33.8 Å². The molecule has 1 amide bonds. The van der Waals surface area contributed by atoms with Gasteiger partial charge in [0.15, 0.2) is 0 Å². The first-order chi connectivity index (χ1) is 14.5. The Hall–Kier alpha value is -3.45. The largest absolute Gasteiger partial charge is 0.507 e. The van der Waals surface area contributed by atoms with E-state index in [1.807, 2.05) is 30.5 Å². The van der Waals surface area contributed by atoms with Gasteiger partial charge in [0, 0.05) is 29.4 Å². The fourth-order valence-electron chi connectivity index (χ4n) is 3.66. The Morgan fingerprint density at radius 1 is 1.23 bits per heavy atom. The van der Waals surface area contributed by atoms with Gasteiger partial charge < -0.3 is 14.7 Å². The van der Waals surface area contributed by atoms with E-state index in [9.17, 15) is 14.7 Å². The maximum atomic E-state index is 13.0. The number of ether oxygens (including phenoxy) is 1. The summed E-state index contributed by atoms with van der Waals surface area (Å²) < 4.78 is 5.28. The first-order valence-electron chi connectivity index (χ1n) is 9.37. The van der Waals surface area contributed by atoms with E-state index in [1.54, 1.807) is 43.8 Å². The van der Waals surface area contributed by atoms with Crippen LogP contribution in [0, 0.1) is 6.92 Å². The molecule has 3 aromatic rings. The average Bonchev–Trinajstić information content (AvgIpc) is 3.37. The molecule has 1 aliphatic heterocycles. The molecule has 0 bridgehead atoms. The number of aliphatic hydroxyl groups is 1. The summed E-state index contributed by atoms with van der Waals surface area (Å²) in [5.74, 6) is -0.836. The molecular weight excluding hydrogens is 400 g/mol. The highest BCUT2D eigenvalue weighted by Gasteiger charge is 2.46. The van der Waals surface area contributed by atoms with Crippen molar-refractivity contribution < 1.29 is 19.4 Å². The third-order valence-electron chi connectivity index (χ3n) is 5.10. The van der Waals surface area contributed by atoms with Gasteiger partial charge in [-0.05, 0) is 53.8 Å². The van der Waals surface area contributed by atoms with E-state index in [-0.39, 0.29) is 17.9 Å². The van der Waals surface area contributed by atoms with Crippen molar-refractivity contribution in [1.82, 2.24) is 9.88 Å². The average molecular weight is 420 g/mol. The number of methoxy groups -OCH3 is 1. The first kappa shape index (κ1) is 19.8. The first-order valence-corrected chi connectivity index (χ1v) is 10.2. The highest BCUT2D eigenvalue weighted by Crippen LogP contribution is 2.42. The van der Waals surface area contributed by atoms with Crippen molar-refractivity contribution in [3.05, 3.63) is 87.4 Å². The molecule has 0 spiro atoms. The minimum Gasteiger partial charge on any atom is -0.507 e. The van der Waals surface area contributed by atoms with E-state index in [4.69, 9.17) is 4.74 Å². The normalized spacial score (nSPS) is 18.1. The molecule has 1 aliphatic rings. The Balaban J connectivity index is 1.83. The maximum absolute atomic E-state index is 13.0. The molecule has 0 radical (unpaired) electrons. The molecule has 0 aliphatic carbocycles. The number of aliphatic hydroxyl groups excluding tert-OH is 1. The molecule has 6 nitrogen and oxygen atoms in total. The summed E-state index contributed by atoms with van der Waals surface area (Å²) in [6.07, 6.45) is 3.32. The van der Waals surface area contributed by atoms with Gasteiger partial charge in [-0.25, -0.2) is 0 Å². The molecule has 3 heterocycles. The quantitative estimate of drug-likeness (QED) is 0.382. The SMILES string of the molecule is COc1ccc(/C(O)=C2\C(=O)C(=O)N(Cc3cccnc3)[C@@H]2c2cccs2)cc1C. The fourth-order valence-corrected chi connectivity index (χ4v) is 4.50. The third-order valence-corrected chi connectivity index (χ3v) is 6.02. The van der Waals surface area contributed by atoms with Crippen LogP contribution in [-0.2, 0) is 16.1 Å². The summed E-state index contributed by atoms with van der Waals surface area (Å²) in [5.41, 5.74) is 2.19. The summed E-state index contributed by atoms with van der Waals surface area (Å²) in [5, 5.41) is 13.0. The Morgan fingerprint density at radius 2 is 2.07 bits per heavy atom. The van der Waals surface area contributed by atoms with E-state index in [2.05, 4.69) is 4.98 Å². The molecule has 1 atom stereocenters. The predicted molar refractivity (Wildman–Crippen MR) is 114 cm³/mol. The van der Waals surface area contributed by atoms with Crippen molar-refractivity contribution in [2.45, 2.75) is 19.5 Å². The second-order valence-electron chi connectivity index (χ2n) is 6.99. The Bertz CT molecular complexity index is 1120. The Labute approximate surface area is 178 Å². The van der Waals surface area contributed by atoms with Crippen LogP contribution >= 0.6 is 11.3 Å². The third kappa shape index (κ3) is 3.48. The molecule has 0 unspecified atom stereocenters. The van der Waals surface area contributed by atoms with Gasteiger partial charge in [0.1, 0.15) is 11.5 Å². The van der Waals surface area contributed by atoms with Crippen molar-refractivity contribution in [2.24, 2.45) is 0 Å². The summed E-state index contributed by atoms with van der Waals surface area (Å²) >= 11 is 1.44. The predicted octanol–water partition coefficient (Wildman–Crippen LogP) is 4.08. The molecule has 2 aromatic heterocycles. The van der Waals surface area contributed by atoms with Crippen LogP contribution < -0.4 is 4.74 Å². The van der Waals surface area contributed by atoms with Crippen LogP contribution in [0.3, 0.4) is 0 Å². The Morgan fingerprint density at radius 3 is 2.70 bits per heavy atom. The number of nitrogens with zero attached hydrogens (tertiary/aromatic N) is 2. The molecule has 1 N–H and O–H groups in total. The zero-order valence-electron chi connectivity index (χ0n) is 16.5. The van der Waals surface area contributed by atoms with Crippen molar-refractivity contribution in [2.75, 3.05) is 7.11 Å². The summed E-state index contributed by atoms with van der Waals surface area (Å²) in [6.45, 7) is 2.08. The minimum atomic E-state index is -0.691. The lowest BCUT2D eigenvalue weighted by atomic mass is 9.98. The zero-order chi connectivity index (χ0) is 21.3. The van der Waals surface area contributed by atoms with Gasteiger partial charge in [-0.3, -0.25) is 14.6 Å². The van der Waals surface area contributed by atoms with Gasteiger partial charge >= 0.3 is 0 Å². The smallest absolute Gasteiger partial charge is 0.295 e. The standard InChI is InChI=1S/C23H20N2O4S/c1-14-11-16(7-8-17(14)29-2)21(26)19-20(18-6-4-10-30-18)25(23(28)22(19)27)13-15-5-3-9-24-12-15/h3-12,20,26H,13H2,1-2H3/b21-19+/t20-/m1/s1. The number of rotatable bonds is 5. The van der Waals surface area contributed by atoms with Gasteiger partial charge in [0.05, 0.1) is 18.7 Å². The molecule has 0 saturated carbocycles. The zero-order valence-corrected chi connectivity index (χ0v) is 17.3. The van der Waals surface area contributed by atoms with E-state index in [1.165, 1.54) is 16.2 Å². The molecule has 152 valence electrons. The van der Waals surface area contributed by atoms with Crippen molar-refractivity contribution in [3.8, 4) is 5.75 Å². The van der Waals surface area contributed by atoms with Crippen LogP contribution in [0.5, 0.6) is 5.75 Å².